The topological polar surface area (TPSA) is 61.8 Å². The lowest BCUT2D eigenvalue weighted by atomic mass is 9.77. The van der Waals surface area contributed by atoms with Crippen molar-refractivity contribution >= 4 is 11.8 Å². The van der Waals surface area contributed by atoms with Crippen molar-refractivity contribution in [3.05, 3.63) is 59.7 Å². The summed E-state index contributed by atoms with van der Waals surface area (Å²) in [5.41, 5.74) is -2.33. The Morgan fingerprint density at radius 2 is 1.63 bits per heavy atom. The van der Waals surface area contributed by atoms with E-state index < -0.39 is 23.3 Å². The summed E-state index contributed by atoms with van der Waals surface area (Å²) in [6.45, 7) is 1.71. The van der Waals surface area contributed by atoms with Crippen LogP contribution in [-0.4, -0.2) is 38.8 Å². The molecule has 0 unspecified atom stereocenters. The number of methoxy groups -OCH3 is 3. The second-order valence-electron chi connectivity index (χ2n) is 6.00. The van der Waals surface area contributed by atoms with Crippen LogP contribution in [0, 0.1) is 0 Å². The quantitative estimate of drug-likeness (QED) is 0.398. The number of halogens is 1. The number of hydrogen-bond acceptors (Lipinski definition) is 5. The monoisotopic (exact) mass is 374 g/mol. The number of rotatable bonds is 8. The molecular weight excluding hydrogens is 351 g/mol. The Morgan fingerprint density at radius 1 is 1.00 bits per heavy atom. The molecule has 0 aliphatic rings. The number of Topliss-reactive ketones (excluding diaryl/α,β-unsaturated/α-hetero) is 1. The first-order valence-electron chi connectivity index (χ1n) is 8.52. The summed E-state index contributed by atoms with van der Waals surface area (Å²) in [5.74, 6) is -2.18. The van der Waals surface area contributed by atoms with Crippen LogP contribution in [0.4, 0.5) is 4.39 Å². The summed E-state index contributed by atoms with van der Waals surface area (Å²) in [6, 6.07) is 12.6. The van der Waals surface area contributed by atoms with E-state index in [1.54, 1.807) is 31.2 Å². The summed E-state index contributed by atoms with van der Waals surface area (Å²) >= 11 is 0. The number of ketones is 1. The maximum absolute atomic E-state index is 16.1. The summed E-state index contributed by atoms with van der Waals surface area (Å²) in [6.07, 6.45) is 0.209. The Labute approximate surface area is 158 Å². The predicted octanol–water partition coefficient (Wildman–Crippen LogP) is 3.96. The molecule has 0 aliphatic carbocycles. The van der Waals surface area contributed by atoms with Crippen molar-refractivity contribution < 1.29 is 28.2 Å². The third-order valence-electron chi connectivity index (χ3n) is 4.55. The normalized spacial score (nSPS) is 14.0. The molecule has 2 aromatic rings. The van der Waals surface area contributed by atoms with Crippen molar-refractivity contribution in [2.75, 3.05) is 21.3 Å². The summed E-state index contributed by atoms with van der Waals surface area (Å²) < 4.78 is 31.0. The van der Waals surface area contributed by atoms with Gasteiger partial charge in [-0.05, 0) is 48.4 Å². The molecule has 0 aliphatic heterocycles. The van der Waals surface area contributed by atoms with Gasteiger partial charge in [-0.1, -0.05) is 19.1 Å². The van der Waals surface area contributed by atoms with Gasteiger partial charge in [-0.2, -0.15) is 0 Å². The number of hydrogen-bond donors (Lipinski definition) is 0. The molecule has 2 aromatic carbocycles. The molecule has 0 saturated heterocycles. The van der Waals surface area contributed by atoms with Gasteiger partial charge in [0.15, 0.2) is 0 Å². The molecule has 6 heteroatoms. The molecule has 0 saturated carbocycles. The summed E-state index contributed by atoms with van der Waals surface area (Å²) in [4.78, 5) is 25.5. The molecule has 0 bridgehead atoms. The molecule has 0 spiro atoms. The van der Waals surface area contributed by atoms with Crippen LogP contribution in [0.5, 0.6) is 11.5 Å². The number of benzene rings is 2. The zero-order valence-corrected chi connectivity index (χ0v) is 15.8. The van der Waals surface area contributed by atoms with Crippen molar-refractivity contribution in [2.45, 2.75) is 24.9 Å². The highest BCUT2D eigenvalue weighted by atomic mass is 19.1. The molecule has 5 nitrogen and oxygen atoms in total. The predicted molar refractivity (Wildman–Crippen MR) is 99.2 cm³/mol. The first-order valence-corrected chi connectivity index (χ1v) is 8.52. The number of carbonyl (C=O) groups excluding carboxylic acids is 2. The second-order valence-corrected chi connectivity index (χ2v) is 6.00. The summed E-state index contributed by atoms with van der Waals surface area (Å²) in [7, 11) is 4.04. The zero-order valence-electron chi connectivity index (χ0n) is 15.8. The maximum atomic E-state index is 16.1. The fourth-order valence-corrected chi connectivity index (χ4v) is 3.10. The molecule has 0 amide bonds. The van der Waals surface area contributed by atoms with E-state index >= 15 is 4.39 Å². The van der Waals surface area contributed by atoms with Crippen molar-refractivity contribution in [3.63, 3.8) is 0 Å². The van der Waals surface area contributed by atoms with Crippen LogP contribution in [0.3, 0.4) is 0 Å². The Balaban J connectivity index is 2.55. The minimum Gasteiger partial charge on any atom is -0.497 e. The van der Waals surface area contributed by atoms with E-state index in [0.717, 1.165) is 7.11 Å². The van der Waals surface area contributed by atoms with Gasteiger partial charge in [0.1, 0.15) is 11.5 Å². The molecule has 144 valence electrons. The fourth-order valence-electron chi connectivity index (χ4n) is 3.10. The van der Waals surface area contributed by atoms with E-state index in [9.17, 15) is 9.59 Å². The standard InChI is InChI=1S/C21H23FO5/c1-5-18(15-7-6-8-17(13-15)26-3)21(22,20(24)27-4)19(23)14-9-11-16(25-2)12-10-14/h6-13,18H,5H2,1-4H3/t18-,21+/m0/s1. The van der Waals surface area contributed by atoms with Crippen molar-refractivity contribution in [1.29, 1.82) is 0 Å². The highest BCUT2D eigenvalue weighted by Gasteiger charge is 2.54. The molecule has 0 fully saturated rings. The lowest BCUT2D eigenvalue weighted by molar-refractivity contribution is -0.152. The van der Waals surface area contributed by atoms with Gasteiger partial charge in [0.25, 0.3) is 5.67 Å². The number of esters is 1. The minimum absolute atomic E-state index is 0.0602. The van der Waals surface area contributed by atoms with Gasteiger partial charge in [0.05, 0.1) is 21.3 Å². The molecule has 0 radical (unpaired) electrons. The van der Waals surface area contributed by atoms with Crippen LogP contribution in [-0.2, 0) is 9.53 Å². The molecule has 2 atom stereocenters. The second kappa shape index (κ2) is 8.66. The van der Waals surface area contributed by atoms with Crippen LogP contribution in [0.2, 0.25) is 0 Å². The molecular formula is C21H23FO5. The lowest BCUT2D eigenvalue weighted by Crippen LogP contribution is -2.48. The Hall–Kier alpha value is -2.89. The number of alkyl halides is 1. The van der Waals surface area contributed by atoms with Crippen LogP contribution in [0.1, 0.15) is 35.2 Å². The fraction of sp³-hybridized carbons (Fsp3) is 0.333. The third kappa shape index (κ3) is 3.94. The molecule has 0 heterocycles. The highest BCUT2D eigenvalue weighted by Crippen LogP contribution is 2.39. The van der Waals surface area contributed by atoms with Gasteiger partial charge < -0.3 is 14.2 Å². The van der Waals surface area contributed by atoms with E-state index in [-0.39, 0.29) is 12.0 Å². The number of carbonyl (C=O) groups is 2. The SMILES string of the molecule is CC[C@@H](c1cccc(OC)c1)[C@](F)(C(=O)OC)C(=O)c1ccc(OC)cc1. The van der Waals surface area contributed by atoms with Crippen molar-refractivity contribution in [3.8, 4) is 11.5 Å². The van der Waals surface area contributed by atoms with E-state index in [1.165, 1.54) is 38.5 Å². The average Bonchev–Trinajstić information content (AvgIpc) is 2.73. The van der Waals surface area contributed by atoms with Gasteiger partial charge in [0.2, 0.25) is 5.78 Å². The van der Waals surface area contributed by atoms with E-state index in [0.29, 0.717) is 17.1 Å². The van der Waals surface area contributed by atoms with Crippen LogP contribution >= 0.6 is 0 Å². The van der Waals surface area contributed by atoms with E-state index in [4.69, 9.17) is 9.47 Å². The van der Waals surface area contributed by atoms with Gasteiger partial charge in [0, 0.05) is 11.5 Å². The van der Waals surface area contributed by atoms with Gasteiger partial charge >= 0.3 is 5.97 Å². The van der Waals surface area contributed by atoms with Gasteiger partial charge in [-0.25, -0.2) is 9.18 Å². The largest absolute Gasteiger partial charge is 0.497 e. The Morgan fingerprint density at radius 3 is 2.15 bits per heavy atom. The Bertz CT molecular complexity index is 802. The maximum Gasteiger partial charge on any atom is 0.352 e. The van der Waals surface area contributed by atoms with Crippen LogP contribution in [0.25, 0.3) is 0 Å². The molecule has 2 rings (SSSR count). The van der Waals surface area contributed by atoms with Crippen LogP contribution < -0.4 is 9.47 Å². The first-order chi connectivity index (χ1) is 12.9. The van der Waals surface area contributed by atoms with Crippen molar-refractivity contribution in [2.24, 2.45) is 0 Å². The van der Waals surface area contributed by atoms with E-state index in [2.05, 4.69) is 4.74 Å². The third-order valence-corrected chi connectivity index (χ3v) is 4.55. The lowest BCUT2D eigenvalue weighted by Gasteiger charge is -2.30. The average molecular weight is 374 g/mol. The van der Waals surface area contributed by atoms with E-state index in [1.807, 2.05) is 0 Å². The van der Waals surface area contributed by atoms with Gasteiger partial charge in [-0.15, -0.1) is 0 Å². The minimum atomic E-state index is -2.87. The molecule has 0 N–H and O–H groups in total. The number of ether oxygens (including phenoxy) is 3. The molecule has 27 heavy (non-hydrogen) atoms. The van der Waals surface area contributed by atoms with Crippen molar-refractivity contribution in [1.82, 2.24) is 0 Å². The highest BCUT2D eigenvalue weighted by molar-refractivity contribution is 6.16. The summed E-state index contributed by atoms with van der Waals surface area (Å²) in [5, 5.41) is 0. The zero-order chi connectivity index (χ0) is 20.0. The smallest absolute Gasteiger partial charge is 0.352 e. The van der Waals surface area contributed by atoms with Crippen LogP contribution in [0.15, 0.2) is 48.5 Å². The Kier molecular flexibility index (Phi) is 6.55. The molecule has 0 aromatic heterocycles. The first kappa shape index (κ1) is 20.4. The van der Waals surface area contributed by atoms with Gasteiger partial charge in [-0.3, -0.25) is 4.79 Å².